The van der Waals surface area contributed by atoms with Gasteiger partial charge < -0.3 is 14.8 Å². The molecule has 0 atom stereocenters. The van der Waals surface area contributed by atoms with Crippen LogP contribution in [0.2, 0.25) is 0 Å². The maximum absolute atomic E-state index is 13.8. The van der Waals surface area contributed by atoms with E-state index in [1.165, 1.54) is 21.2 Å². The van der Waals surface area contributed by atoms with Gasteiger partial charge in [0.2, 0.25) is 5.91 Å². The van der Waals surface area contributed by atoms with Gasteiger partial charge in [0.05, 0.1) is 12.5 Å². The second-order valence-electron chi connectivity index (χ2n) is 10.9. The van der Waals surface area contributed by atoms with Gasteiger partial charge >= 0.3 is 0 Å². The molecule has 6 heteroatoms. The highest BCUT2D eigenvalue weighted by Crippen LogP contribution is 2.46. The van der Waals surface area contributed by atoms with Crippen molar-refractivity contribution in [2.24, 2.45) is 0 Å². The topological polar surface area (TPSA) is 50.8 Å². The number of carbonyl (C=O) groups excluding carboxylic acids is 1. The normalized spacial score (nSPS) is 17.8. The highest BCUT2D eigenvalue weighted by molar-refractivity contribution is 7.17. The van der Waals surface area contributed by atoms with Crippen molar-refractivity contribution in [3.05, 3.63) is 89.3 Å². The van der Waals surface area contributed by atoms with Crippen molar-refractivity contribution in [2.75, 3.05) is 20.2 Å². The number of amides is 1. The molecule has 1 aromatic heterocycles. The quantitative estimate of drug-likeness (QED) is 0.255. The molecule has 4 aromatic rings. The van der Waals surface area contributed by atoms with E-state index in [0.29, 0.717) is 5.75 Å². The summed E-state index contributed by atoms with van der Waals surface area (Å²) >= 11 is 1.77. The van der Waals surface area contributed by atoms with Crippen LogP contribution < -0.4 is 14.8 Å². The highest BCUT2D eigenvalue weighted by atomic mass is 32.1. The number of thiophene rings is 1. The molecule has 2 aliphatic rings. The van der Waals surface area contributed by atoms with E-state index in [2.05, 4.69) is 52.0 Å². The average Bonchev–Trinajstić information content (AvgIpc) is 3.63. The lowest BCUT2D eigenvalue weighted by molar-refractivity contribution is -0.127. The third kappa shape index (κ3) is 5.41. The molecular weight excluding hydrogens is 504 g/mol. The van der Waals surface area contributed by atoms with E-state index in [9.17, 15) is 4.79 Å². The molecule has 6 rings (SSSR count). The van der Waals surface area contributed by atoms with Crippen LogP contribution in [0.4, 0.5) is 0 Å². The van der Waals surface area contributed by atoms with Gasteiger partial charge in [-0.1, -0.05) is 55.3 Å². The Morgan fingerprint density at radius 3 is 2.51 bits per heavy atom. The summed E-state index contributed by atoms with van der Waals surface area (Å²) < 4.78 is 12.8. The van der Waals surface area contributed by atoms with Gasteiger partial charge in [0.1, 0.15) is 5.75 Å². The lowest BCUT2D eigenvalue weighted by Crippen LogP contribution is -2.50. The number of para-hydroxylation sites is 2. The lowest BCUT2D eigenvalue weighted by atomic mass is 9.77. The molecule has 1 aliphatic carbocycles. The fraction of sp³-hybridized carbons (Fsp3) is 0.364. The molecule has 2 heterocycles. The molecule has 0 bridgehead atoms. The maximum Gasteiger partial charge on any atom is 0.230 e. The van der Waals surface area contributed by atoms with E-state index in [0.717, 1.165) is 69.7 Å². The number of fused-ring (bicyclic) bond motifs is 1. The molecule has 39 heavy (non-hydrogen) atoms. The van der Waals surface area contributed by atoms with Gasteiger partial charge in [-0.25, -0.2) is 0 Å². The third-order valence-electron chi connectivity index (χ3n) is 8.41. The molecule has 3 aromatic carbocycles. The van der Waals surface area contributed by atoms with E-state index in [-0.39, 0.29) is 17.4 Å². The molecule has 2 fully saturated rings. The molecular formula is C33H36N2O3S. The number of hydrogen-bond donors (Lipinski definition) is 1. The first-order chi connectivity index (χ1) is 19.1. The molecule has 0 spiro atoms. The standard InChI is InChI=1S/C33H36N2O3S/c1-37-29-12-3-4-13-30(29)38-26-10-8-9-24(21-26)22-35-19-15-25(16-20-35)34-32(36)33(17-6-7-18-33)28-23-39-31-14-5-2-11-27(28)31/h2-5,8-14,21,23,25H,6-7,15-20,22H2,1H3,(H,34,36). The zero-order valence-electron chi connectivity index (χ0n) is 22.5. The molecule has 1 saturated carbocycles. The monoisotopic (exact) mass is 540 g/mol. The van der Waals surface area contributed by atoms with Crippen LogP contribution in [0, 0.1) is 0 Å². The maximum atomic E-state index is 13.8. The Kier molecular flexibility index (Phi) is 7.58. The summed E-state index contributed by atoms with van der Waals surface area (Å²) in [5, 5.41) is 6.99. The lowest BCUT2D eigenvalue weighted by Gasteiger charge is -2.35. The molecule has 1 N–H and O–H groups in total. The van der Waals surface area contributed by atoms with Crippen molar-refractivity contribution in [2.45, 2.75) is 56.5 Å². The van der Waals surface area contributed by atoms with Crippen LogP contribution in [0.15, 0.2) is 78.2 Å². The number of carbonyl (C=O) groups is 1. The minimum absolute atomic E-state index is 0.233. The summed E-state index contributed by atoms with van der Waals surface area (Å²) in [6.07, 6.45) is 6.09. The minimum Gasteiger partial charge on any atom is -0.493 e. The molecule has 5 nitrogen and oxygen atoms in total. The summed E-state index contributed by atoms with van der Waals surface area (Å²) in [5.74, 6) is 2.48. The minimum atomic E-state index is -0.376. The van der Waals surface area contributed by atoms with Crippen molar-refractivity contribution in [3.8, 4) is 17.2 Å². The van der Waals surface area contributed by atoms with Gasteiger partial charge in [-0.05, 0) is 77.9 Å². The largest absolute Gasteiger partial charge is 0.493 e. The van der Waals surface area contributed by atoms with Crippen LogP contribution in [-0.2, 0) is 16.8 Å². The molecule has 1 saturated heterocycles. The first kappa shape index (κ1) is 25.9. The van der Waals surface area contributed by atoms with Crippen molar-refractivity contribution < 1.29 is 14.3 Å². The average molecular weight is 541 g/mol. The van der Waals surface area contributed by atoms with Crippen molar-refractivity contribution in [1.82, 2.24) is 10.2 Å². The number of rotatable bonds is 8. The Hall–Kier alpha value is -3.35. The predicted molar refractivity (Wildman–Crippen MR) is 158 cm³/mol. The number of nitrogens with one attached hydrogen (secondary N) is 1. The summed E-state index contributed by atoms with van der Waals surface area (Å²) in [6.45, 7) is 2.81. The fourth-order valence-corrected chi connectivity index (χ4v) is 7.36. The fourth-order valence-electron chi connectivity index (χ4n) is 6.30. The van der Waals surface area contributed by atoms with Crippen LogP contribution in [0.3, 0.4) is 0 Å². The number of benzene rings is 3. The second-order valence-corrected chi connectivity index (χ2v) is 11.8. The first-order valence-corrected chi connectivity index (χ1v) is 14.9. The van der Waals surface area contributed by atoms with Crippen molar-refractivity contribution in [3.63, 3.8) is 0 Å². The number of piperidine rings is 1. The summed E-state index contributed by atoms with van der Waals surface area (Å²) in [4.78, 5) is 16.3. The summed E-state index contributed by atoms with van der Waals surface area (Å²) in [6, 6.07) is 24.7. The zero-order valence-corrected chi connectivity index (χ0v) is 23.3. The number of hydrogen-bond acceptors (Lipinski definition) is 5. The van der Waals surface area contributed by atoms with Crippen LogP contribution in [0.5, 0.6) is 17.2 Å². The van der Waals surface area contributed by atoms with Crippen LogP contribution >= 0.6 is 11.3 Å². The van der Waals surface area contributed by atoms with Crippen LogP contribution in [-0.4, -0.2) is 37.0 Å². The predicted octanol–water partition coefficient (Wildman–Crippen LogP) is 7.29. The van der Waals surface area contributed by atoms with Crippen molar-refractivity contribution >= 4 is 27.3 Å². The molecule has 0 radical (unpaired) electrons. The summed E-state index contributed by atoms with van der Waals surface area (Å²) in [5.41, 5.74) is 2.09. The van der Waals surface area contributed by atoms with Gasteiger partial charge in [-0.2, -0.15) is 0 Å². The molecule has 202 valence electrons. The molecule has 1 amide bonds. The number of methoxy groups -OCH3 is 1. The Morgan fingerprint density at radius 2 is 1.72 bits per heavy atom. The van der Waals surface area contributed by atoms with Crippen LogP contribution in [0.25, 0.3) is 10.1 Å². The van der Waals surface area contributed by atoms with Crippen molar-refractivity contribution in [1.29, 1.82) is 0 Å². The number of likely N-dealkylation sites (tertiary alicyclic amines) is 1. The Balaban J connectivity index is 1.07. The Morgan fingerprint density at radius 1 is 0.974 bits per heavy atom. The number of ether oxygens (including phenoxy) is 2. The van der Waals surface area contributed by atoms with E-state index < -0.39 is 0 Å². The highest BCUT2D eigenvalue weighted by Gasteiger charge is 2.44. The first-order valence-electron chi connectivity index (χ1n) is 14.0. The zero-order chi connectivity index (χ0) is 26.7. The number of nitrogens with zero attached hydrogens (tertiary/aromatic N) is 1. The van der Waals surface area contributed by atoms with E-state index in [1.54, 1.807) is 18.4 Å². The Labute approximate surface area is 234 Å². The molecule has 0 unspecified atom stereocenters. The van der Waals surface area contributed by atoms with Gasteiger partial charge in [-0.3, -0.25) is 9.69 Å². The van der Waals surface area contributed by atoms with Gasteiger partial charge in [0.25, 0.3) is 0 Å². The second kappa shape index (κ2) is 11.4. The van der Waals surface area contributed by atoms with Crippen LogP contribution in [0.1, 0.15) is 49.7 Å². The van der Waals surface area contributed by atoms with E-state index >= 15 is 0 Å². The van der Waals surface area contributed by atoms with E-state index in [1.807, 2.05) is 36.4 Å². The smallest absolute Gasteiger partial charge is 0.230 e. The molecule has 1 aliphatic heterocycles. The van der Waals surface area contributed by atoms with Gasteiger partial charge in [0, 0.05) is 30.4 Å². The SMILES string of the molecule is COc1ccccc1Oc1cccc(CN2CCC(NC(=O)C3(c4csc5ccccc45)CCCC3)CC2)c1. The third-order valence-corrected chi connectivity index (χ3v) is 9.38. The van der Waals surface area contributed by atoms with Gasteiger partial charge in [-0.15, -0.1) is 11.3 Å². The van der Waals surface area contributed by atoms with Gasteiger partial charge in [0.15, 0.2) is 11.5 Å². The summed E-state index contributed by atoms with van der Waals surface area (Å²) in [7, 11) is 1.66. The van der Waals surface area contributed by atoms with E-state index in [4.69, 9.17) is 9.47 Å². The Bertz CT molecular complexity index is 1430.